The Hall–Kier alpha value is -0.610. The van der Waals surface area contributed by atoms with Crippen LogP contribution in [0.15, 0.2) is 5.10 Å². The highest BCUT2D eigenvalue weighted by atomic mass is 35.5. The van der Waals surface area contributed by atoms with Gasteiger partial charge in [-0.05, 0) is 45.1 Å². The van der Waals surface area contributed by atoms with Crippen molar-refractivity contribution in [3.63, 3.8) is 0 Å². The Kier molecular flexibility index (Phi) is 5.45. The molecule has 0 spiro atoms. The first-order valence-electron chi connectivity index (χ1n) is 6.96. The van der Waals surface area contributed by atoms with Crippen LogP contribution in [0.5, 0.6) is 0 Å². The van der Waals surface area contributed by atoms with Crippen LogP contribution >= 0.6 is 11.6 Å². The predicted octanol–water partition coefficient (Wildman–Crippen LogP) is 2.03. The lowest BCUT2D eigenvalue weighted by Crippen LogP contribution is -2.36. The second kappa shape index (κ2) is 7.10. The number of carbonyl (C=O) groups excluding carboxylic acids is 1. The van der Waals surface area contributed by atoms with E-state index in [1.165, 1.54) is 12.8 Å². The summed E-state index contributed by atoms with van der Waals surface area (Å²) in [6.07, 6.45) is 9.05. The van der Waals surface area contributed by atoms with Crippen molar-refractivity contribution in [2.75, 3.05) is 6.54 Å². The fourth-order valence-electron chi connectivity index (χ4n) is 2.60. The number of hydrazone groups is 1. The first-order valence-corrected chi connectivity index (χ1v) is 7.40. The van der Waals surface area contributed by atoms with Crippen molar-refractivity contribution in [3.8, 4) is 0 Å². The molecule has 1 unspecified atom stereocenters. The smallest absolute Gasteiger partial charge is 0.243 e. The third-order valence-corrected chi connectivity index (χ3v) is 4.24. The molecule has 2 fully saturated rings. The molecule has 18 heavy (non-hydrogen) atoms. The number of nitrogens with one attached hydrogen (secondary N) is 2. The fourth-order valence-corrected chi connectivity index (χ4v) is 2.86. The van der Waals surface area contributed by atoms with Gasteiger partial charge < -0.3 is 5.32 Å². The number of piperidine rings is 1. The largest absolute Gasteiger partial charge is 0.309 e. The zero-order chi connectivity index (χ0) is 12.8. The van der Waals surface area contributed by atoms with Gasteiger partial charge >= 0.3 is 0 Å². The van der Waals surface area contributed by atoms with Gasteiger partial charge in [-0.2, -0.15) is 5.10 Å². The summed E-state index contributed by atoms with van der Waals surface area (Å²) in [7, 11) is 0. The molecule has 0 aromatic heterocycles. The summed E-state index contributed by atoms with van der Waals surface area (Å²) in [4.78, 5) is 11.9. The molecule has 0 radical (unpaired) electrons. The molecule has 0 bridgehead atoms. The lowest BCUT2D eigenvalue weighted by atomic mass is 9.88. The Bertz CT molecular complexity index is 295. The van der Waals surface area contributed by atoms with E-state index in [4.69, 9.17) is 11.6 Å². The van der Waals surface area contributed by atoms with Gasteiger partial charge in [-0.3, -0.25) is 4.79 Å². The van der Waals surface area contributed by atoms with E-state index < -0.39 is 0 Å². The molecule has 1 aliphatic carbocycles. The molecule has 5 heteroatoms. The average molecular weight is 272 g/mol. The maximum absolute atomic E-state index is 11.9. The number of halogens is 1. The molecule has 1 aliphatic heterocycles. The predicted molar refractivity (Wildman–Crippen MR) is 73.9 cm³/mol. The van der Waals surface area contributed by atoms with Crippen LogP contribution in [0, 0.1) is 5.92 Å². The quantitative estimate of drug-likeness (QED) is 0.469. The van der Waals surface area contributed by atoms with Crippen molar-refractivity contribution < 1.29 is 4.79 Å². The van der Waals surface area contributed by atoms with E-state index in [9.17, 15) is 4.79 Å². The van der Waals surface area contributed by atoms with Gasteiger partial charge in [0.25, 0.3) is 0 Å². The first kappa shape index (κ1) is 13.8. The SMILES string of the molecule is O=C(N/N=C/C1CCCCN1)C1CCC(Cl)CC1. The van der Waals surface area contributed by atoms with E-state index in [0.717, 1.165) is 38.6 Å². The molecular weight excluding hydrogens is 250 g/mol. The molecule has 0 aromatic carbocycles. The van der Waals surface area contributed by atoms with Crippen LogP contribution in [0.1, 0.15) is 44.9 Å². The standard InChI is InChI=1S/C13H22ClN3O/c14-11-6-4-10(5-7-11)13(18)17-16-9-12-3-1-2-8-15-12/h9-12,15H,1-8H2,(H,17,18)/b16-9+. The van der Waals surface area contributed by atoms with Crippen LogP contribution < -0.4 is 10.7 Å². The van der Waals surface area contributed by atoms with Gasteiger partial charge in [-0.1, -0.05) is 6.42 Å². The van der Waals surface area contributed by atoms with Gasteiger partial charge in [0.15, 0.2) is 0 Å². The zero-order valence-electron chi connectivity index (χ0n) is 10.7. The molecule has 2 rings (SSSR count). The van der Waals surface area contributed by atoms with Gasteiger partial charge in [-0.25, -0.2) is 5.43 Å². The van der Waals surface area contributed by atoms with E-state index in [0.29, 0.717) is 6.04 Å². The lowest BCUT2D eigenvalue weighted by molar-refractivity contribution is -0.125. The Morgan fingerprint density at radius 2 is 2.00 bits per heavy atom. The summed E-state index contributed by atoms with van der Waals surface area (Å²) in [5.74, 6) is 0.141. The minimum atomic E-state index is 0.0469. The van der Waals surface area contributed by atoms with Crippen molar-refractivity contribution in [3.05, 3.63) is 0 Å². The van der Waals surface area contributed by atoms with Crippen molar-refractivity contribution in [2.24, 2.45) is 11.0 Å². The molecular formula is C13H22ClN3O. The highest BCUT2D eigenvalue weighted by Gasteiger charge is 2.24. The normalized spacial score (nSPS) is 33.5. The monoisotopic (exact) mass is 271 g/mol. The molecule has 1 atom stereocenters. The Balaban J connectivity index is 1.69. The van der Waals surface area contributed by atoms with Gasteiger partial charge in [0.1, 0.15) is 0 Å². The van der Waals surface area contributed by atoms with E-state index in [-0.39, 0.29) is 17.2 Å². The Morgan fingerprint density at radius 3 is 2.67 bits per heavy atom. The third-order valence-electron chi connectivity index (χ3n) is 3.81. The van der Waals surface area contributed by atoms with Crippen molar-refractivity contribution in [2.45, 2.75) is 56.4 Å². The molecule has 0 aromatic rings. The molecule has 2 aliphatic rings. The van der Waals surface area contributed by atoms with Crippen LogP contribution in [0.25, 0.3) is 0 Å². The van der Waals surface area contributed by atoms with E-state index >= 15 is 0 Å². The van der Waals surface area contributed by atoms with Gasteiger partial charge in [-0.15, -0.1) is 11.6 Å². The highest BCUT2D eigenvalue weighted by molar-refractivity contribution is 6.20. The lowest BCUT2D eigenvalue weighted by Gasteiger charge is -2.23. The first-order chi connectivity index (χ1) is 8.75. The third kappa shape index (κ3) is 4.25. The van der Waals surface area contributed by atoms with E-state index in [2.05, 4.69) is 15.8 Å². The second-order valence-electron chi connectivity index (χ2n) is 5.26. The summed E-state index contributed by atoms with van der Waals surface area (Å²) >= 11 is 6.02. The van der Waals surface area contributed by atoms with Gasteiger partial charge in [0, 0.05) is 23.6 Å². The number of hydrogen-bond acceptors (Lipinski definition) is 3. The molecule has 102 valence electrons. The topological polar surface area (TPSA) is 53.5 Å². The number of hydrogen-bond donors (Lipinski definition) is 2. The Labute approximate surface area is 114 Å². The van der Waals surface area contributed by atoms with Crippen molar-refractivity contribution in [1.82, 2.24) is 10.7 Å². The van der Waals surface area contributed by atoms with Gasteiger partial charge in [0.2, 0.25) is 5.91 Å². The molecule has 2 N–H and O–H groups in total. The number of amides is 1. The number of nitrogens with zero attached hydrogens (tertiary/aromatic N) is 1. The number of alkyl halides is 1. The summed E-state index contributed by atoms with van der Waals surface area (Å²) in [6, 6.07) is 0.317. The van der Waals surface area contributed by atoms with Gasteiger partial charge in [0.05, 0.1) is 0 Å². The van der Waals surface area contributed by atoms with Crippen LogP contribution in [-0.2, 0) is 4.79 Å². The number of rotatable bonds is 3. The highest BCUT2D eigenvalue weighted by Crippen LogP contribution is 2.27. The molecule has 1 saturated carbocycles. The molecule has 1 amide bonds. The fraction of sp³-hybridized carbons (Fsp3) is 0.846. The minimum Gasteiger partial charge on any atom is -0.309 e. The molecule has 4 nitrogen and oxygen atoms in total. The van der Waals surface area contributed by atoms with E-state index in [1.807, 2.05) is 6.21 Å². The van der Waals surface area contributed by atoms with Crippen LogP contribution in [0.3, 0.4) is 0 Å². The van der Waals surface area contributed by atoms with Crippen LogP contribution in [0.4, 0.5) is 0 Å². The summed E-state index contributed by atoms with van der Waals surface area (Å²) in [6.45, 7) is 1.05. The van der Waals surface area contributed by atoms with Crippen LogP contribution in [0.2, 0.25) is 0 Å². The second-order valence-corrected chi connectivity index (χ2v) is 5.88. The zero-order valence-corrected chi connectivity index (χ0v) is 11.5. The summed E-state index contributed by atoms with van der Waals surface area (Å²) in [5, 5.41) is 7.68. The average Bonchev–Trinajstić information content (AvgIpc) is 2.40. The molecule has 1 saturated heterocycles. The summed E-state index contributed by atoms with van der Waals surface area (Å²) in [5.41, 5.74) is 2.66. The minimum absolute atomic E-state index is 0.0469. The van der Waals surface area contributed by atoms with Crippen molar-refractivity contribution >= 4 is 23.7 Å². The molecule has 1 heterocycles. The Morgan fingerprint density at radius 1 is 1.22 bits per heavy atom. The maximum atomic E-state index is 11.9. The van der Waals surface area contributed by atoms with Crippen molar-refractivity contribution in [1.29, 1.82) is 0 Å². The maximum Gasteiger partial charge on any atom is 0.243 e. The van der Waals surface area contributed by atoms with Crippen LogP contribution in [-0.4, -0.2) is 30.1 Å². The van der Waals surface area contributed by atoms with E-state index in [1.54, 1.807) is 0 Å². The summed E-state index contributed by atoms with van der Waals surface area (Å²) < 4.78 is 0. The number of carbonyl (C=O) groups is 1.